The quantitative estimate of drug-likeness (QED) is 0.274. The average Bonchev–Trinajstić information content (AvgIpc) is 3.50. The minimum atomic E-state index is -3.73. The number of thiazole rings is 1. The number of pyridine rings is 1. The van der Waals surface area contributed by atoms with E-state index in [-0.39, 0.29) is 17.7 Å². The van der Waals surface area contributed by atoms with Gasteiger partial charge in [-0.2, -0.15) is 0 Å². The van der Waals surface area contributed by atoms with Crippen molar-refractivity contribution in [3.8, 4) is 28.3 Å². The minimum absolute atomic E-state index is 0.0101. The van der Waals surface area contributed by atoms with Gasteiger partial charge in [-0.25, -0.2) is 22.4 Å². The Labute approximate surface area is 217 Å². The molecule has 0 spiro atoms. The molecule has 0 aliphatic rings. The van der Waals surface area contributed by atoms with E-state index in [0.717, 1.165) is 26.9 Å². The zero-order chi connectivity index (χ0) is 26.6. The number of rotatable bonds is 10. The van der Waals surface area contributed by atoms with Crippen LogP contribution >= 0.6 is 11.3 Å². The Bertz CT molecular complexity index is 1560. The first-order valence-electron chi connectivity index (χ1n) is 11.0. The molecule has 0 unspecified atom stereocenters. The summed E-state index contributed by atoms with van der Waals surface area (Å²) in [5.41, 5.74) is 14.1. The summed E-state index contributed by atoms with van der Waals surface area (Å²) in [6.45, 7) is 0.759. The van der Waals surface area contributed by atoms with E-state index in [9.17, 15) is 18.0 Å². The topological polar surface area (TPSA) is 172 Å². The smallest absolute Gasteiger partial charge is 0.250 e. The molecule has 0 atom stereocenters. The van der Waals surface area contributed by atoms with Crippen LogP contribution in [-0.2, 0) is 21.2 Å². The SMILES string of the molecule is CS(=O)(=O)n1ccc(C(N)=O)c1CC(=O)Nc1nc(-c2cccc(-c3ccnc(OCCN)c3)c2)cs1. The molecule has 37 heavy (non-hydrogen) atoms. The number of primary amides is 1. The fourth-order valence-corrected chi connectivity index (χ4v) is 5.21. The lowest BCUT2D eigenvalue weighted by Gasteiger charge is -2.08. The molecule has 4 aromatic rings. The third kappa shape index (κ3) is 6.20. The largest absolute Gasteiger partial charge is 0.476 e. The average molecular weight is 541 g/mol. The van der Waals surface area contributed by atoms with Crippen LogP contribution in [0.25, 0.3) is 22.4 Å². The van der Waals surface area contributed by atoms with Crippen LogP contribution in [0.5, 0.6) is 5.88 Å². The number of benzene rings is 1. The van der Waals surface area contributed by atoms with E-state index >= 15 is 0 Å². The second-order valence-corrected chi connectivity index (χ2v) is 10.7. The van der Waals surface area contributed by atoms with Crippen LogP contribution in [0.1, 0.15) is 16.1 Å². The number of nitrogens with zero attached hydrogens (tertiary/aromatic N) is 3. The molecule has 0 bridgehead atoms. The van der Waals surface area contributed by atoms with E-state index in [1.165, 1.54) is 23.6 Å². The summed E-state index contributed by atoms with van der Waals surface area (Å²) >= 11 is 1.22. The highest BCUT2D eigenvalue weighted by Gasteiger charge is 2.22. The molecule has 0 fully saturated rings. The van der Waals surface area contributed by atoms with Gasteiger partial charge < -0.3 is 21.5 Å². The van der Waals surface area contributed by atoms with Crippen molar-refractivity contribution < 1.29 is 22.7 Å². The summed E-state index contributed by atoms with van der Waals surface area (Å²) in [6, 6.07) is 12.7. The van der Waals surface area contributed by atoms with E-state index in [1.54, 1.807) is 11.6 Å². The van der Waals surface area contributed by atoms with Crippen LogP contribution < -0.4 is 21.5 Å². The van der Waals surface area contributed by atoms with Crippen LogP contribution in [-0.4, -0.2) is 53.6 Å². The van der Waals surface area contributed by atoms with Gasteiger partial charge in [0.05, 0.1) is 29.6 Å². The molecule has 4 rings (SSSR count). The Morgan fingerprint density at radius 1 is 1.14 bits per heavy atom. The van der Waals surface area contributed by atoms with Gasteiger partial charge in [-0.3, -0.25) is 9.59 Å². The van der Waals surface area contributed by atoms with Crippen molar-refractivity contribution in [1.82, 2.24) is 13.9 Å². The molecule has 0 saturated carbocycles. The lowest BCUT2D eigenvalue weighted by atomic mass is 10.0. The van der Waals surface area contributed by atoms with Gasteiger partial charge in [-0.05, 0) is 29.3 Å². The summed E-state index contributed by atoms with van der Waals surface area (Å²) in [5.74, 6) is -0.884. The fraction of sp³-hybridized carbons (Fsp3) is 0.167. The van der Waals surface area contributed by atoms with Crippen LogP contribution in [0, 0.1) is 0 Å². The minimum Gasteiger partial charge on any atom is -0.476 e. The second-order valence-electron chi connectivity index (χ2n) is 7.96. The van der Waals surface area contributed by atoms with Gasteiger partial charge in [0.2, 0.25) is 21.8 Å². The van der Waals surface area contributed by atoms with Gasteiger partial charge in [0.1, 0.15) is 6.61 Å². The van der Waals surface area contributed by atoms with E-state index in [1.807, 2.05) is 36.4 Å². The van der Waals surface area contributed by atoms with Crippen LogP contribution in [0.3, 0.4) is 0 Å². The highest BCUT2D eigenvalue weighted by atomic mass is 32.2. The number of amides is 2. The first kappa shape index (κ1) is 26.0. The molecule has 11 nitrogen and oxygen atoms in total. The highest BCUT2D eigenvalue weighted by molar-refractivity contribution is 7.89. The monoisotopic (exact) mass is 540 g/mol. The van der Waals surface area contributed by atoms with Crippen molar-refractivity contribution in [1.29, 1.82) is 0 Å². The normalized spacial score (nSPS) is 11.3. The molecule has 3 heterocycles. The van der Waals surface area contributed by atoms with E-state index in [4.69, 9.17) is 16.2 Å². The summed E-state index contributed by atoms with van der Waals surface area (Å²) < 4.78 is 30.5. The number of hydrogen-bond acceptors (Lipinski definition) is 9. The van der Waals surface area contributed by atoms with Gasteiger partial charge >= 0.3 is 0 Å². The molecule has 1 aromatic carbocycles. The van der Waals surface area contributed by atoms with Crippen molar-refractivity contribution >= 4 is 38.3 Å². The van der Waals surface area contributed by atoms with Crippen molar-refractivity contribution in [3.63, 3.8) is 0 Å². The van der Waals surface area contributed by atoms with Crippen LogP contribution in [0.15, 0.2) is 60.2 Å². The first-order valence-corrected chi connectivity index (χ1v) is 13.7. The van der Waals surface area contributed by atoms with Gasteiger partial charge in [-0.15, -0.1) is 11.3 Å². The molecule has 0 aliphatic heterocycles. The first-order chi connectivity index (χ1) is 17.7. The fourth-order valence-electron chi connectivity index (χ4n) is 3.62. The van der Waals surface area contributed by atoms with Crippen molar-refractivity contribution in [3.05, 3.63) is 71.5 Å². The summed E-state index contributed by atoms with van der Waals surface area (Å²) in [4.78, 5) is 33.1. The van der Waals surface area contributed by atoms with Crippen molar-refractivity contribution in [2.45, 2.75) is 6.42 Å². The molecular formula is C24H24N6O5S2. The zero-order valence-electron chi connectivity index (χ0n) is 19.7. The molecule has 0 radical (unpaired) electrons. The number of carbonyl (C=O) groups is 2. The molecule has 3 aromatic heterocycles. The van der Waals surface area contributed by atoms with Crippen LogP contribution in [0.2, 0.25) is 0 Å². The third-order valence-electron chi connectivity index (χ3n) is 5.25. The second kappa shape index (κ2) is 10.9. The van der Waals surface area contributed by atoms with Gasteiger partial charge in [0, 0.05) is 35.9 Å². The summed E-state index contributed by atoms with van der Waals surface area (Å²) in [5, 5.41) is 4.78. The Morgan fingerprint density at radius 2 is 1.89 bits per heavy atom. The van der Waals surface area contributed by atoms with E-state index in [0.29, 0.717) is 29.9 Å². The Kier molecular flexibility index (Phi) is 7.66. The molecule has 192 valence electrons. The highest BCUT2D eigenvalue weighted by Crippen LogP contribution is 2.30. The Balaban J connectivity index is 1.51. The molecule has 13 heteroatoms. The predicted molar refractivity (Wildman–Crippen MR) is 141 cm³/mol. The number of anilines is 1. The lowest BCUT2D eigenvalue weighted by molar-refractivity contribution is -0.115. The molecular weight excluding hydrogens is 516 g/mol. The predicted octanol–water partition coefficient (Wildman–Crippen LogP) is 2.10. The van der Waals surface area contributed by atoms with Crippen molar-refractivity contribution in [2.75, 3.05) is 24.7 Å². The zero-order valence-corrected chi connectivity index (χ0v) is 21.4. The van der Waals surface area contributed by atoms with E-state index < -0.39 is 21.8 Å². The number of aromatic nitrogens is 3. The molecule has 0 saturated heterocycles. The van der Waals surface area contributed by atoms with Gasteiger partial charge in [-0.1, -0.05) is 18.2 Å². The Morgan fingerprint density at radius 3 is 2.62 bits per heavy atom. The standard InChI is InChI=1S/C24H24N6O5S2/c1-37(33,34)30-9-6-18(23(26)32)20(30)13-21(31)29-24-28-19(14-36-24)17-4-2-3-15(11-17)16-5-8-27-22(12-16)35-10-7-25/h2-6,8-9,11-12,14H,7,10,13,25H2,1H3,(H2,26,32)(H,28,29,31). The lowest BCUT2D eigenvalue weighted by Crippen LogP contribution is -2.23. The number of nitrogens with two attached hydrogens (primary N) is 2. The molecule has 2 amide bonds. The Hall–Kier alpha value is -4.07. The van der Waals surface area contributed by atoms with Crippen LogP contribution in [0.4, 0.5) is 5.13 Å². The number of hydrogen-bond donors (Lipinski definition) is 3. The maximum atomic E-state index is 12.7. The summed E-state index contributed by atoms with van der Waals surface area (Å²) in [6.07, 6.45) is 3.45. The van der Waals surface area contributed by atoms with Gasteiger partial charge in [0.15, 0.2) is 5.13 Å². The third-order valence-corrected chi connectivity index (χ3v) is 7.06. The number of carbonyl (C=O) groups excluding carboxylic acids is 2. The number of nitrogens with one attached hydrogen (secondary N) is 1. The maximum Gasteiger partial charge on any atom is 0.250 e. The number of ether oxygens (including phenoxy) is 1. The van der Waals surface area contributed by atoms with Crippen molar-refractivity contribution in [2.24, 2.45) is 11.5 Å². The molecule has 5 N–H and O–H groups in total. The van der Waals surface area contributed by atoms with Gasteiger partial charge in [0.25, 0.3) is 5.91 Å². The maximum absolute atomic E-state index is 12.7. The summed E-state index contributed by atoms with van der Waals surface area (Å²) in [7, 11) is -3.73. The molecule has 0 aliphatic carbocycles. The van der Waals surface area contributed by atoms with E-state index in [2.05, 4.69) is 15.3 Å².